The Labute approximate surface area is 98.4 Å². The molecule has 0 unspecified atom stereocenters. The van der Waals surface area contributed by atoms with Gasteiger partial charge in [-0.1, -0.05) is 12.8 Å². The van der Waals surface area contributed by atoms with Crippen molar-refractivity contribution in [2.45, 2.75) is 44.6 Å². The number of aromatic nitrogens is 2. The summed E-state index contributed by atoms with van der Waals surface area (Å²) in [6, 6.07) is 0. The van der Waals surface area contributed by atoms with Gasteiger partial charge in [0.15, 0.2) is 0 Å². The van der Waals surface area contributed by atoms with Crippen LogP contribution < -0.4 is 4.74 Å². The number of nitrogens with zero attached hydrogens (tertiary/aromatic N) is 2. The van der Waals surface area contributed by atoms with Crippen LogP contribution in [0.3, 0.4) is 0 Å². The largest absolute Gasteiger partial charge is 0.473 e. The fourth-order valence-corrected chi connectivity index (χ4v) is 2.22. The summed E-state index contributed by atoms with van der Waals surface area (Å²) >= 11 is 3.39. The third kappa shape index (κ3) is 3.16. The molecule has 0 amide bonds. The van der Waals surface area contributed by atoms with Crippen molar-refractivity contribution in [2.24, 2.45) is 0 Å². The van der Waals surface area contributed by atoms with Crippen LogP contribution in [0.5, 0.6) is 5.88 Å². The van der Waals surface area contributed by atoms with E-state index < -0.39 is 0 Å². The Balaban J connectivity index is 1.98. The maximum absolute atomic E-state index is 5.87. The highest BCUT2D eigenvalue weighted by Crippen LogP contribution is 2.25. The van der Waals surface area contributed by atoms with Crippen LogP contribution in [0.15, 0.2) is 17.0 Å². The molecule has 1 aliphatic rings. The first-order chi connectivity index (χ1) is 7.36. The van der Waals surface area contributed by atoms with Crippen LogP contribution in [0, 0.1) is 0 Å². The number of hydrogen-bond donors (Lipinski definition) is 0. The zero-order chi connectivity index (χ0) is 10.5. The summed E-state index contributed by atoms with van der Waals surface area (Å²) in [7, 11) is 0. The zero-order valence-corrected chi connectivity index (χ0v) is 10.2. The minimum atomic E-state index is 0.332. The van der Waals surface area contributed by atoms with E-state index in [-0.39, 0.29) is 0 Å². The van der Waals surface area contributed by atoms with Gasteiger partial charge in [0.25, 0.3) is 0 Å². The van der Waals surface area contributed by atoms with Crippen molar-refractivity contribution in [3.63, 3.8) is 0 Å². The van der Waals surface area contributed by atoms with Crippen LogP contribution in [-0.4, -0.2) is 16.1 Å². The maximum Gasteiger partial charge on any atom is 0.231 e. The molecule has 0 bridgehead atoms. The highest BCUT2D eigenvalue weighted by Gasteiger charge is 2.15. The lowest BCUT2D eigenvalue weighted by Gasteiger charge is -2.16. The molecule has 1 fully saturated rings. The second-order valence-corrected chi connectivity index (χ2v) is 4.76. The summed E-state index contributed by atoms with van der Waals surface area (Å²) in [6.45, 7) is 0. The summed E-state index contributed by atoms with van der Waals surface area (Å²) in [6.07, 6.45) is 11.1. The highest BCUT2D eigenvalue weighted by atomic mass is 79.9. The number of halogens is 1. The molecule has 4 heteroatoms. The molecule has 0 radical (unpaired) electrons. The van der Waals surface area contributed by atoms with Crippen molar-refractivity contribution >= 4 is 15.9 Å². The van der Waals surface area contributed by atoms with Crippen LogP contribution in [0.2, 0.25) is 0 Å². The van der Waals surface area contributed by atoms with E-state index in [1.165, 1.54) is 32.0 Å². The smallest absolute Gasteiger partial charge is 0.231 e. The van der Waals surface area contributed by atoms with E-state index in [1.807, 2.05) is 0 Å². The van der Waals surface area contributed by atoms with Gasteiger partial charge in [0.2, 0.25) is 5.88 Å². The van der Waals surface area contributed by atoms with Gasteiger partial charge in [-0.2, -0.15) is 0 Å². The first-order valence-electron chi connectivity index (χ1n) is 5.48. The summed E-state index contributed by atoms with van der Waals surface area (Å²) in [5.74, 6) is 0.678. The number of ether oxygens (including phenoxy) is 1. The van der Waals surface area contributed by atoms with Crippen LogP contribution >= 0.6 is 15.9 Å². The van der Waals surface area contributed by atoms with Gasteiger partial charge in [-0.05, 0) is 41.6 Å². The Bertz CT molecular complexity index is 311. The van der Waals surface area contributed by atoms with Crippen molar-refractivity contribution in [3.05, 3.63) is 17.0 Å². The van der Waals surface area contributed by atoms with E-state index in [2.05, 4.69) is 25.9 Å². The average Bonchev–Trinajstić information content (AvgIpc) is 2.50. The molecule has 0 atom stereocenters. The molecule has 3 nitrogen and oxygen atoms in total. The van der Waals surface area contributed by atoms with Gasteiger partial charge in [0, 0.05) is 6.20 Å². The van der Waals surface area contributed by atoms with Gasteiger partial charge in [-0.15, -0.1) is 0 Å². The molecule has 1 heterocycles. The fraction of sp³-hybridized carbons (Fsp3) is 0.636. The highest BCUT2D eigenvalue weighted by molar-refractivity contribution is 9.10. The molecular formula is C11H15BrN2O. The van der Waals surface area contributed by atoms with Crippen LogP contribution in [-0.2, 0) is 0 Å². The van der Waals surface area contributed by atoms with Crippen molar-refractivity contribution in [1.29, 1.82) is 0 Å². The maximum atomic E-state index is 5.87. The summed E-state index contributed by atoms with van der Waals surface area (Å²) in [4.78, 5) is 8.04. The van der Waals surface area contributed by atoms with Gasteiger partial charge in [-0.25, -0.2) is 9.97 Å². The zero-order valence-electron chi connectivity index (χ0n) is 8.66. The molecule has 0 spiro atoms. The minimum absolute atomic E-state index is 0.332. The molecule has 1 saturated carbocycles. The second kappa shape index (κ2) is 5.45. The lowest BCUT2D eigenvalue weighted by molar-refractivity contribution is 0.174. The van der Waals surface area contributed by atoms with E-state index in [4.69, 9.17) is 4.74 Å². The van der Waals surface area contributed by atoms with Gasteiger partial charge < -0.3 is 4.74 Å². The molecular weight excluding hydrogens is 256 g/mol. The normalized spacial score (nSPS) is 18.5. The summed E-state index contributed by atoms with van der Waals surface area (Å²) < 4.78 is 6.71. The minimum Gasteiger partial charge on any atom is -0.473 e. The average molecular weight is 271 g/mol. The fourth-order valence-electron chi connectivity index (χ4n) is 1.91. The predicted octanol–water partition coefficient (Wildman–Crippen LogP) is 3.34. The second-order valence-electron chi connectivity index (χ2n) is 3.91. The Morgan fingerprint density at radius 1 is 1.20 bits per heavy atom. The third-order valence-electron chi connectivity index (χ3n) is 2.71. The quantitative estimate of drug-likeness (QED) is 0.774. The molecule has 82 valence electrons. The van der Waals surface area contributed by atoms with E-state index in [0.717, 1.165) is 17.3 Å². The third-order valence-corrected chi connectivity index (χ3v) is 3.26. The van der Waals surface area contributed by atoms with E-state index in [1.54, 1.807) is 6.20 Å². The molecule has 0 aliphatic heterocycles. The molecule has 0 aromatic carbocycles. The Kier molecular flexibility index (Phi) is 3.94. The molecule has 1 aromatic rings. The molecule has 2 rings (SSSR count). The SMILES string of the molecule is Brc1cncnc1OC1CCCCCC1. The molecule has 1 aromatic heterocycles. The van der Waals surface area contributed by atoms with Crippen molar-refractivity contribution in [2.75, 3.05) is 0 Å². The van der Waals surface area contributed by atoms with Crippen molar-refractivity contribution in [1.82, 2.24) is 9.97 Å². The Hall–Kier alpha value is -0.640. The van der Waals surface area contributed by atoms with Crippen molar-refractivity contribution in [3.8, 4) is 5.88 Å². The van der Waals surface area contributed by atoms with Gasteiger partial charge in [-0.3, -0.25) is 0 Å². The molecule has 15 heavy (non-hydrogen) atoms. The van der Waals surface area contributed by atoms with Crippen LogP contribution in [0.1, 0.15) is 38.5 Å². The van der Waals surface area contributed by atoms with E-state index in [0.29, 0.717) is 12.0 Å². The summed E-state index contributed by atoms with van der Waals surface area (Å²) in [5.41, 5.74) is 0. The lowest BCUT2D eigenvalue weighted by atomic mass is 10.1. The summed E-state index contributed by atoms with van der Waals surface area (Å²) in [5, 5.41) is 0. The van der Waals surface area contributed by atoms with E-state index in [9.17, 15) is 0 Å². The molecule has 0 N–H and O–H groups in total. The standard InChI is InChI=1S/C11H15BrN2O/c12-10-7-13-8-14-11(10)15-9-5-3-1-2-4-6-9/h7-9H,1-6H2. The Morgan fingerprint density at radius 3 is 2.60 bits per heavy atom. The van der Waals surface area contributed by atoms with Crippen LogP contribution in [0.4, 0.5) is 0 Å². The van der Waals surface area contributed by atoms with Gasteiger partial charge >= 0.3 is 0 Å². The first-order valence-corrected chi connectivity index (χ1v) is 6.28. The van der Waals surface area contributed by atoms with Gasteiger partial charge in [0.1, 0.15) is 12.4 Å². The first kappa shape index (κ1) is 10.9. The lowest BCUT2D eigenvalue weighted by Crippen LogP contribution is -2.16. The topological polar surface area (TPSA) is 35.0 Å². The Morgan fingerprint density at radius 2 is 1.93 bits per heavy atom. The number of hydrogen-bond acceptors (Lipinski definition) is 3. The molecule has 1 aliphatic carbocycles. The number of rotatable bonds is 2. The van der Waals surface area contributed by atoms with Crippen LogP contribution in [0.25, 0.3) is 0 Å². The monoisotopic (exact) mass is 270 g/mol. The molecule has 0 saturated heterocycles. The van der Waals surface area contributed by atoms with E-state index >= 15 is 0 Å². The van der Waals surface area contributed by atoms with Gasteiger partial charge in [0.05, 0.1) is 4.47 Å². The van der Waals surface area contributed by atoms with Crippen molar-refractivity contribution < 1.29 is 4.74 Å². The predicted molar refractivity (Wildman–Crippen MR) is 61.9 cm³/mol.